The number of rotatable bonds is 12. The zero-order valence-corrected chi connectivity index (χ0v) is 38.7. The molecule has 0 saturated carbocycles. The summed E-state index contributed by atoms with van der Waals surface area (Å²) in [7, 11) is -0.945. The number of carbonyl (C=O) groups excluding carboxylic acids is 3. The Kier molecular flexibility index (Phi) is 14.0. The lowest BCUT2D eigenvalue weighted by Gasteiger charge is -2.43. The van der Waals surface area contributed by atoms with Crippen LogP contribution in [0.25, 0.3) is 0 Å². The first-order valence-corrected chi connectivity index (χ1v) is 25.0. The molecule has 3 aromatic carbocycles. The van der Waals surface area contributed by atoms with Gasteiger partial charge >= 0.3 is 6.18 Å². The van der Waals surface area contributed by atoms with E-state index in [1.807, 2.05) is 36.4 Å². The minimum Gasteiger partial charge on any atom is -0.494 e. The average Bonchev–Trinajstić information content (AvgIpc) is 3.62. The monoisotopic (exact) mass is 945 g/mol. The van der Waals surface area contributed by atoms with Crippen LogP contribution >= 0.6 is 18.7 Å². The van der Waals surface area contributed by atoms with Crippen LogP contribution in [0.5, 0.6) is 5.75 Å². The van der Waals surface area contributed by atoms with Crippen molar-refractivity contribution in [1.29, 1.82) is 0 Å². The highest BCUT2D eigenvalue weighted by molar-refractivity contribution is 7.70. The van der Waals surface area contributed by atoms with Gasteiger partial charge in [0.1, 0.15) is 24.0 Å². The number of unbranched alkanes of at least 4 members (excludes halogenated alkanes) is 1. The first-order valence-electron chi connectivity index (χ1n) is 22.0. The smallest absolute Gasteiger partial charge is 0.416 e. The first-order chi connectivity index (χ1) is 31.5. The second-order valence-electron chi connectivity index (χ2n) is 17.3. The maximum atomic E-state index is 13.9. The number of methoxy groups -OCH3 is 1. The molecule has 14 nitrogen and oxygen atoms in total. The predicted molar refractivity (Wildman–Crippen MR) is 249 cm³/mol. The molecule has 4 aliphatic heterocycles. The summed E-state index contributed by atoms with van der Waals surface area (Å²) in [5.41, 5.74) is 1.86. The van der Waals surface area contributed by atoms with Gasteiger partial charge in [-0.2, -0.15) is 18.2 Å². The summed E-state index contributed by atoms with van der Waals surface area (Å²) in [6, 6.07) is 14.8. The fourth-order valence-electron chi connectivity index (χ4n) is 9.12. The van der Waals surface area contributed by atoms with Crippen molar-refractivity contribution in [2.24, 2.45) is 0 Å². The summed E-state index contributed by atoms with van der Waals surface area (Å²) in [5, 5.41) is 9.73. The highest BCUT2D eigenvalue weighted by Crippen LogP contribution is 2.40. The Morgan fingerprint density at radius 3 is 2.42 bits per heavy atom. The highest BCUT2D eigenvalue weighted by Gasteiger charge is 2.42. The molecule has 1 unspecified atom stereocenters. The zero-order chi connectivity index (χ0) is 46.8. The number of aromatic nitrogens is 2. The van der Waals surface area contributed by atoms with Crippen LogP contribution in [0.3, 0.4) is 0 Å². The third-order valence-corrected chi connectivity index (χ3v) is 14.5. The number of anilines is 5. The molecule has 3 amide bonds. The van der Waals surface area contributed by atoms with E-state index >= 15 is 0 Å². The zero-order valence-electron chi connectivity index (χ0n) is 37.0. The minimum atomic E-state index is -4.68. The molecule has 66 heavy (non-hydrogen) atoms. The van der Waals surface area contributed by atoms with E-state index in [4.69, 9.17) is 16.3 Å². The molecule has 1 aromatic heterocycles. The van der Waals surface area contributed by atoms with E-state index < -0.39 is 42.6 Å². The number of piperidine rings is 2. The standard InChI is InChI=1S/C47H52ClF3N9O5P/c1-65-40-27-33(12-13-37(40)54-46-52-28-36(48)43(56-46)53-38-10-6-7-11-41(38)66(2,3)64)58-19-16-32(17-20-58)59-23-21-57(22-24-59)18-8-4-5-9-30-25-31(47(49,50)51)26-34-35(30)29-60(45(34)63)39-14-15-42(61)55-44(39)62/h6-7,10-13,25-28,32,39H,4,8,14-24,29H2,1-3H3,(H,55,61,62)(H2,52,53,54,56). The molecular weight excluding hydrogens is 894 g/mol. The summed E-state index contributed by atoms with van der Waals surface area (Å²) in [5.74, 6) is 5.56. The predicted octanol–water partition coefficient (Wildman–Crippen LogP) is 7.07. The number of nitrogens with zero attached hydrogens (tertiary/aromatic N) is 6. The Bertz CT molecular complexity index is 2620. The number of nitrogens with one attached hydrogen (secondary N) is 3. The Labute approximate surface area is 387 Å². The maximum Gasteiger partial charge on any atom is 0.416 e. The molecule has 0 radical (unpaired) electrons. The van der Waals surface area contributed by atoms with Crippen LogP contribution in [0, 0.1) is 11.8 Å². The summed E-state index contributed by atoms with van der Waals surface area (Å²) in [6.45, 7) is 9.74. The lowest BCUT2D eigenvalue weighted by molar-refractivity contribution is -0.138. The van der Waals surface area contributed by atoms with Crippen molar-refractivity contribution in [2.75, 3.05) is 81.8 Å². The molecule has 3 fully saturated rings. The molecule has 19 heteroatoms. The van der Waals surface area contributed by atoms with Crippen LogP contribution in [-0.2, 0) is 26.9 Å². The molecule has 348 valence electrons. The number of para-hydroxylation sites is 1. The molecule has 0 spiro atoms. The fraction of sp³-hybridized carbons (Fsp3) is 0.426. The van der Waals surface area contributed by atoms with Gasteiger partial charge in [0.25, 0.3) is 5.91 Å². The van der Waals surface area contributed by atoms with Crippen molar-refractivity contribution in [3.05, 3.63) is 88.1 Å². The third-order valence-electron chi connectivity index (χ3n) is 12.6. The van der Waals surface area contributed by atoms with Gasteiger partial charge in [0, 0.05) is 92.9 Å². The fourth-order valence-corrected chi connectivity index (χ4v) is 10.4. The number of piperazine rings is 1. The molecule has 3 saturated heterocycles. The van der Waals surface area contributed by atoms with Crippen LogP contribution in [0.1, 0.15) is 65.6 Å². The van der Waals surface area contributed by atoms with Crippen molar-refractivity contribution < 1.29 is 36.9 Å². The second kappa shape index (κ2) is 19.7. The average molecular weight is 946 g/mol. The number of carbonyl (C=O) groups is 3. The van der Waals surface area contributed by atoms with Gasteiger partial charge in [-0.25, -0.2) is 4.98 Å². The third kappa shape index (κ3) is 10.6. The minimum absolute atomic E-state index is 0.0451. The SMILES string of the molecule is COc1cc(N2CCC(N3CCN(CCCC#Cc4cc(C(F)(F)F)cc5c4CN(C4CCC(=O)NC4=O)C5=O)CC3)CC2)ccc1Nc1ncc(Cl)c(Nc2ccccc2P(C)(C)=O)n1. The van der Waals surface area contributed by atoms with Crippen LogP contribution in [0.2, 0.25) is 5.02 Å². The van der Waals surface area contributed by atoms with Gasteiger partial charge < -0.3 is 34.6 Å². The molecule has 3 N–H and O–H groups in total. The number of imide groups is 1. The van der Waals surface area contributed by atoms with Gasteiger partial charge in [-0.1, -0.05) is 35.6 Å². The summed E-state index contributed by atoms with van der Waals surface area (Å²) < 4.78 is 60.4. The van der Waals surface area contributed by atoms with E-state index in [2.05, 4.69) is 58.5 Å². The van der Waals surface area contributed by atoms with Crippen LogP contribution < -0.4 is 30.9 Å². The van der Waals surface area contributed by atoms with Crippen LogP contribution in [-0.4, -0.2) is 121 Å². The van der Waals surface area contributed by atoms with Crippen molar-refractivity contribution >= 4 is 70.6 Å². The molecule has 1 atom stereocenters. The Morgan fingerprint density at radius 1 is 0.955 bits per heavy atom. The van der Waals surface area contributed by atoms with Gasteiger partial charge in [0.05, 0.1) is 30.2 Å². The van der Waals surface area contributed by atoms with E-state index in [0.717, 1.165) is 82.9 Å². The summed E-state index contributed by atoms with van der Waals surface area (Å²) in [6.07, 6.45) is 0.264. The lowest BCUT2D eigenvalue weighted by atomic mass is 9.99. The number of amides is 3. The summed E-state index contributed by atoms with van der Waals surface area (Å²) >= 11 is 6.48. The Morgan fingerprint density at radius 2 is 1.71 bits per heavy atom. The number of halogens is 4. The number of ether oxygens (including phenoxy) is 1. The number of fused-ring (bicyclic) bond motifs is 1. The lowest BCUT2D eigenvalue weighted by Crippen LogP contribution is -2.53. The van der Waals surface area contributed by atoms with E-state index in [0.29, 0.717) is 57.2 Å². The molecule has 8 rings (SSSR count). The van der Waals surface area contributed by atoms with E-state index in [1.54, 1.807) is 20.4 Å². The second-order valence-corrected chi connectivity index (χ2v) is 20.9. The van der Waals surface area contributed by atoms with Crippen LogP contribution in [0.15, 0.2) is 60.8 Å². The van der Waals surface area contributed by atoms with Gasteiger partial charge in [-0.15, -0.1) is 0 Å². The molecule has 0 bridgehead atoms. The molecule has 4 aromatic rings. The maximum absolute atomic E-state index is 13.9. The van der Waals surface area contributed by atoms with Crippen molar-refractivity contribution in [3.63, 3.8) is 0 Å². The van der Waals surface area contributed by atoms with E-state index in [9.17, 15) is 32.1 Å². The molecule has 5 heterocycles. The quantitative estimate of drug-likeness (QED) is 0.0577. The number of benzene rings is 3. The van der Waals surface area contributed by atoms with Crippen molar-refractivity contribution in [2.45, 2.75) is 63.3 Å². The van der Waals surface area contributed by atoms with Gasteiger partial charge in [-0.3, -0.25) is 24.6 Å². The highest BCUT2D eigenvalue weighted by atomic mass is 35.5. The number of hydrogen-bond acceptors (Lipinski definition) is 12. The largest absolute Gasteiger partial charge is 0.494 e. The molecular formula is C47H52ClF3N9O5P. The van der Waals surface area contributed by atoms with E-state index in [-0.39, 0.29) is 30.5 Å². The molecule has 0 aliphatic carbocycles. The molecule has 4 aliphatic rings. The Hall–Kier alpha value is -5.66. The van der Waals surface area contributed by atoms with Crippen molar-refractivity contribution in [1.82, 2.24) is 30.0 Å². The van der Waals surface area contributed by atoms with Gasteiger partial charge in [0.2, 0.25) is 17.8 Å². The first kappa shape index (κ1) is 46.9. The number of alkyl halides is 3. The Balaban J connectivity index is 0.804. The topological polar surface area (TPSA) is 152 Å². The van der Waals surface area contributed by atoms with Gasteiger partial charge in [-0.05, 0) is 87.5 Å². The van der Waals surface area contributed by atoms with Crippen LogP contribution in [0.4, 0.5) is 42.0 Å². The number of hydrogen-bond donors (Lipinski definition) is 3. The van der Waals surface area contributed by atoms with E-state index in [1.165, 1.54) is 11.1 Å². The van der Waals surface area contributed by atoms with Gasteiger partial charge in [0.15, 0.2) is 5.82 Å². The summed E-state index contributed by atoms with van der Waals surface area (Å²) in [4.78, 5) is 55.0. The normalized spacial score (nSPS) is 18.7. The van der Waals surface area contributed by atoms with Crippen molar-refractivity contribution in [3.8, 4) is 17.6 Å².